The number of anilines is 1. The number of hydrogen-bond acceptors (Lipinski definition) is 5. The van der Waals surface area contributed by atoms with Gasteiger partial charge in [0, 0.05) is 24.0 Å². The van der Waals surface area contributed by atoms with E-state index in [1.807, 2.05) is 36.4 Å². The molecule has 0 bridgehead atoms. The first-order valence-corrected chi connectivity index (χ1v) is 8.97. The summed E-state index contributed by atoms with van der Waals surface area (Å²) in [7, 11) is 1.24. The van der Waals surface area contributed by atoms with Crippen LogP contribution in [0.4, 0.5) is 5.69 Å². The normalized spacial score (nSPS) is 10.2. The molecule has 0 fully saturated rings. The summed E-state index contributed by atoms with van der Waals surface area (Å²) >= 11 is 0. The summed E-state index contributed by atoms with van der Waals surface area (Å²) in [5, 5.41) is 12.1. The maximum atomic E-state index is 12.5. The van der Waals surface area contributed by atoms with E-state index in [4.69, 9.17) is 10.5 Å². The lowest BCUT2D eigenvalue weighted by Gasteiger charge is -2.10. The number of aromatic nitrogens is 1. The van der Waals surface area contributed by atoms with Gasteiger partial charge in [0.05, 0.1) is 18.4 Å². The minimum atomic E-state index is -0.665. The molecule has 3 N–H and O–H groups in total. The van der Waals surface area contributed by atoms with Crippen LogP contribution in [-0.2, 0) is 11.2 Å². The molecule has 1 heterocycles. The Kier molecular flexibility index (Phi) is 5.95. The first kappa shape index (κ1) is 19.7. The molecule has 2 aromatic carbocycles. The van der Waals surface area contributed by atoms with Crippen LogP contribution in [-0.4, -0.2) is 30.1 Å². The largest absolute Gasteiger partial charge is 0.464 e. The predicted molar refractivity (Wildman–Crippen MR) is 109 cm³/mol. The van der Waals surface area contributed by atoms with Crippen molar-refractivity contribution in [1.82, 2.24) is 9.88 Å². The number of nitrogen functional groups attached to an aromatic ring is 1. The molecule has 0 aliphatic carbocycles. The summed E-state index contributed by atoms with van der Waals surface area (Å²) in [6, 6.07) is 18.5. The quantitative estimate of drug-likeness (QED) is 0.631. The van der Waals surface area contributed by atoms with Crippen molar-refractivity contribution in [3.8, 4) is 11.8 Å². The molecule has 0 atom stereocenters. The third-order valence-corrected chi connectivity index (χ3v) is 4.47. The first-order valence-electron chi connectivity index (χ1n) is 8.97. The van der Waals surface area contributed by atoms with E-state index in [0.717, 1.165) is 12.0 Å². The van der Waals surface area contributed by atoms with Crippen LogP contribution < -0.4 is 11.1 Å². The van der Waals surface area contributed by atoms with Gasteiger partial charge in [0.1, 0.15) is 6.07 Å². The second kappa shape index (κ2) is 8.76. The minimum Gasteiger partial charge on any atom is -0.464 e. The van der Waals surface area contributed by atoms with Gasteiger partial charge in [-0.05, 0) is 30.2 Å². The topological polar surface area (TPSA) is 110 Å². The lowest BCUT2D eigenvalue weighted by atomic mass is 10.1. The summed E-state index contributed by atoms with van der Waals surface area (Å²) in [5.41, 5.74) is 8.25. The Morgan fingerprint density at radius 3 is 2.62 bits per heavy atom. The number of methoxy groups -OCH3 is 1. The lowest BCUT2D eigenvalue weighted by molar-refractivity contribution is 0.0593. The van der Waals surface area contributed by atoms with Crippen molar-refractivity contribution < 1.29 is 14.3 Å². The number of nitrogens with one attached hydrogen (secondary N) is 1. The molecule has 7 nitrogen and oxygen atoms in total. The van der Waals surface area contributed by atoms with E-state index in [1.165, 1.54) is 17.9 Å². The summed E-state index contributed by atoms with van der Waals surface area (Å²) in [4.78, 5) is 24.7. The Bertz CT molecular complexity index is 1080. The Morgan fingerprint density at radius 2 is 1.93 bits per heavy atom. The van der Waals surface area contributed by atoms with Gasteiger partial charge in [-0.2, -0.15) is 5.26 Å². The summed E-state index contributed by atoms with van der Waals surface area (Å²) in [5.74, 6) is -0.898. The molecule has 0 aliphatic heterocycles. The third kappa shape index (κ3) is 4.28. The maximum absolute atomic E-state index is 12.5. The SMILES string of the molecule is COC(=O)c1c(N)c(C#N)cn1-c1cccc(C(=O)NCCc2ccccc2)c1. The van der Waals surface area contributed by atoms with Gasteiger partial charge in [-0.25, -0.2) is 4.79 Å². The number of ether oxygens (including phenoxy) is 1. The standard InChI is InChI=1S/C22H20N4O3/c1-29-22(28)20-19(24)17(13-23)14-26(20)18-9-5-8-16(12-18)21(27)25-11-10-15-6-3-2-4-7-15/h2-9,12,14H,10-11,24H2,1H3,(H,25,27). The highest BCUT2D eigenvalue weighted by molar-refractivity contribution is 5.97. The predicted octanol–water partition coefficient (Wildman–Crippen LogP) is 2.69. The van der Waals surface area contributed by atoms with Crippen LogP contribution >= 0.6 is 0 Å². The Morgan fingerprint density at radius 1 is 1.17 bits per heavy atom. The molecular weight excluding hydrogens is 368 g/mol. The number of benzene rings is 2. The molecule has 0 unspecified atom stereocenters. The minimum absolute atomic E-state index is 0.0389. The number of rotatable bonds is 6. The van der Waals surface area contributed by atoms with E-state index in [1.54, 1.807) is 24.3 Å². The Balaban J connectivity index is 1.82. The van der Waals surface area contributed by atoms with Gasteiger partial charge in [-0.3, -0.25) is 4.79 Å². The molecule has 0 saturated carbocycles. The molecule has 7 heteroatoms. The molecule has 146 valence electrons. The molecular formula is C22H20N4O3. The van der Waals surface area contributed by atoms with Crippen LogP contribution in [0.3, 0.4) is 0 Å². The second-order valence-corrected chi connectivity index (χ2v) is 6.32. The van der Waals surface area contributed by atoms with Gasteiger partial charge < -0.3 is 20.4 Å². The van der Waals surface area contributed by atoms with Gasteiger partial charge in [0.2, 0.25) is 0 Å². The Hall–Kier alpha value is -4.05. The average Bonchev–Trinajstić information content (AvgIpc) is 3.10. The van der Waals surface area contributed by atoms with Crippen molar-refractivity contribution >= 4 is 17.6 Å². The molecule has 3 rings (SSSR count). The zero-order valence-corrected chi connectivity index (χ0v) is 15.9. The monoisotopic (exact) mass is 388 g/mol. The lowest BCUT2D eigenvalue weighted by Crippen LogP contribution is -2.25. The van der Waals surface area contributed by atoms with Crippen molar-refractivity contribution in [2.24, 2.45) is 0 Å². The van der Waals surface area contributed by atoms with E-state index >= 15 is 0 Å². The number of nitrogens with zero attached hydrogens (tertiary/aromatic N) is 2. The van der Waals surface area contributed by atoms with Crippen molar-refractivity contribution in [3.05, 3.63) is 83.2 Å². The molecule has 1 amide bonds. The highest BCUT2D eigenvalue weighted by atomic mass is 16.5. The molecule has 0 radical (unpaired) electrons. The van der Waals surface area contributed by atoms with Crippen molar-refractivity contribution in [2.45, 2.75) is 6.42 Å². The van der Waals surface area contributed by atoms with Crippen LogP contribution in [0.1, 0.15) is 32.0 Å². The van der Waals surface area contributed by atoms with E-state index in [0.29, 0.717) is 17.8 Å². The van der Waals surface area contributed by atoms with Crippen molar-refractivity contribution in [3.63, 3.8) is 0 Å². The van der Waals surface area contributed by atoms with Crippen LogP contribution in [0, 0.1) is 11.3 Å². The fourth-order valence-electron chi connectivity index (χ4n) is 2.98. The van der Waals surface area contributed by atoms with Crippen molar-refractivity contribution in [1.29, 1.82) is 5.26 Å². The molecule has 29 heavy (non-hydrogen) atoms. The average molecular weight is 388 g/mol. The molecule has 0 aliphatic rings. The van der Waals surface area contributed by atoms with Gasteiger partial charge in [0.15, 0.2) is 5.69 Å². The number of nitriles is 1. The Labute approximate surface area is 168 Å². The van der Waals surface area contributed by atoms with Crippen LogP contribution in [0.15, 0.2) is 60.8 Å². The molecule has 0 spiro atoms. The number of nitrogens with two attached hydrogens (primary N) is 1. The number of hydrogen-bond donors (Lipinski definition) is 2. The smallest absolute Gasteiger partial charge is 0.357 e. The van der Waals surface area contributed by atoms with E-state index in [2.05, 4.69) is 5.32 Å². The third-order valence-electron chi connectivity index (χ3n) is 4.47. The maximum Gasteiger partial charge on any atom is 0.357 e. The van der Waals surface area contributed by atoms with E-state index < -0.39 is 5.97 Å². The van der Waals surface area contributed by atoms with Crippen molar-refractivity contribution in [2.75, 3.05) is 19.4 Å². The number of carbonyl (C=O) groups excluding carboxylic acids is 2. The highest BCUT2D eigenvalue weighted by Gasteiger charge is 2.22. The summed E-state index contributed by atoms with van der Waals surface area (Å²) < 4.78 is 6.24. The zero-order valence-electron chi connectivity index (χ0n) is 15.9. The van der Waals surface area contributed by atoms with Crippen LogP contribution in [0.25, 0.3) is 5.69 Å². The highest BCUT2D eigenvalue weighted by Crippen LogP contribution is 2.25. The summed E-state index contributed by atoms with van der Waals surface area (Å²) in [6.07, 6.45) is 2.17. The molecule has 3 aromatic rings. The fourth-order valence-corrected chi connectivity index (χ4v) is 2.98. The van der Waals surface area contributed by atoms with Crippen LogP contribution in [0.2, 0.25) is 0 Å². The van der Waals surface area contributed by atoms with Gasteiger partial charge in [-0.15, -0.1) is 0 Å². The number of amides is 1. The van der Waals surface area contributed by atoms with E-state index in [9.17, 15) is 14.9 Å². The second-order valence-electron chi connectivity index (χ2n) is 6.32. The van der Waals surface area contributed by atoms with E-state index in [-0.39, 0.29) is 22.9 Å². The molecule has 0 saturated heterocycles. The fraction of sp³-hybridized carbons (Fsp3) is 0.136. The van der Waals surface area contributed by atoms with Gasteiger partial charge in [-0.1, -0.05) is 36.4 Å². The zero-order chi connectivity index (χ0) is 20.8. The number of esters is 1. The van der Waals surface area contributed by atoms with Crippen LogP contribution in [0.5, 0.6) is 0 Å². The summed E-state index contributed by atoms with van der Waals surface area (Å²) in [6.45, 7) is 0.496. The molecule has 1 aromatic heterocycles. The van der Waals surface area contributed by atoms with Gasteiger partial charge >= 0.3 is 5.97 Å². The van der Waals surface area contributed by atoms with Gasteiger partial charge in [0.25, 0.3) is 5.91 Å². The first-order chi connectivity index (χ1) is 14.0. The number of carbonyl (C=O) groups is 2.